The van der Waals surface area contributed by atoms with E-state index in [0.29, 0.717) is 5.02 Å². The lowest BCUT2D eigenvalue weighted by Crippen LogP contribution is -2.33. The van der Waals surface area contributed by atoms with E-state index in [1.165, 1.54) is 12.1 Å². The van der Waals surface area contributed by atoms with Crippen molar-refractivity contribution in [3.63, 3.8) is 0 Å². The third kappa shape index (κ3) is 2.86. The van der Waals surface area contributed by atoms with Crippen molar-refractivity contribution in [3.05, 3.63) is 100 Å². The highest BCUT2D eigenvalue weighted by Gasteiger charge is 2.40. The molecule has 0 fully saturated rings. The average Bonchev–Trinajstić information content (AvgIpc) is 3.14. The Bertz CT molecular complexity index is 1020. The van der Waals surface area contributed by atoms with Crippen LogP contribution >= 0.6 is 11.6 Å². The van der Waals surface area contributed by atoms with Crippen LogP contribution in [0.15, 0.2) is 77.9 Å². The van der Waals surface area contributed by atoms with Gasteiger partial charge in [0.1, 0.15) is 11.6 Å². The van der Waals surface area contributed by atoms with Crippen LogP contribution in [0.2, 0.25) is 5.02 Å². The number of para-hydroxylation sites is 1. The highest BCUT2D eigenvalue weighted by molar-refractivity contribution is 6.30. The molecule has 0 aliphatic carbocycles. The van der Waals surface area contributed by atoms with Crippen molar-refractivity contribution in [3.8, 4) is 5.75 Å². The van der Waals surface area contributed by atoms with Crippen molar-refractivity contribution in [2.24, 2.45) is 5.10 Å². The van der Waals surface area contributed by atoms with Gasteiger partial charge in [0.05, 0.1) is 11.8 Å². The minimum absolute atomic E-state index is 0.0793. The van der Waals surface area contributed by atoms with Crippen molar-refractivity contribution in [2.45, 2.75) is 18.7 Å². The van der Waals surface area contributed by atoms with Crippen LogP contribution < -0.4 is 4.74 Å². The molecule has 2 heterocycles. The molecule has 2 aliphatic rings. The zero-order valence-electron chi connectivity index (χ0n) is 14.3. The van der Waals surface area contributed by atoms with Crippen LogP contribution in [0.5, 0.6) is 5.75 Å². The third-order valence-electron chi connectivity index (χ3n) is 5.03. The summed E-state index contributed by atoms with van der Waals surface area (Å²) in [5, 5.41) is 7.56. The average molecular weight is 379 g/mol. The molecule has 3 nitrogen and oxygen atoms in total. The van der Waals surface area contributed by atoms with E-state index < -0.39 is 6.23 Å². The summed E-state index contributed by atoms with van der Waals surface area (Å²) in [4.78, 5) is 0. The van der Waals surface area contributed by atoms with Gasteiger partial charge in [0.2, 0.25) is 6.23 Å². The molecule has 0 saturated carbocycles. The zero-order valence-corrected chi connectivity index (χ0v) is 15.1. The maximum absolute atomic E-state index is 13.4. The van der Waals surface area contributed by atoms with Gasteiger partial charge in [-0.25, -0.2) is 9.40 Å². The number of nitrogens with zero attached hydrogens (tertiary/aromatic N) is 2. The first-order valence-corrected chi connectivity index (χ1v) is 9.19. The van der Waals surface area contributed by atoms with Gasteiger partial charge in [-0.15, -0.1) is 0 Å². The summed E-state index contributed by atoms with van der Waals surface area (Å²) in [6.07, 6.45) is 0.384. The van der Waals surface area contributed by atoms with Crippen LogP contribution in [0.3, 0.4) is 0 Å². The molecular weight excluding hydrogens is 363 g/mol. The number of fused-ring (bicyclic) bond motifs is 3. The maximum atomic E-state index is 13.4. The molecule has 3 aromatic carbocycles. The van der Waals surface area contributed by atoms with E-state index in [9.17, 15) is 4.39 Å². The van der Waals surface area contributed by atoms with Crippen LogP contribution in [-0.2, 0) is 0 Å². The minimum Gasteiger partial charge on any atom is -0.464 e. The lowest BCUT2D eigenvalue weighted by molar-refractivity contribution is -0.0190. The van der Waals surface area contributed by atoms with Crippen LogP contribution in [0.4, 0.5) is 4.39 Å². The summed E-state index contributed by atoms with van der Waals surface area (Å²) in [5.41, 5.74) is 4.02. The molecule has 0 N–H and O–H groups in total. The lowest BCUT2D eigenvalue weighted by atomic mass is 9.96. The zero-order chi connectivity index (χ0) is 18.4. The van der Waals surface area contributed by atoms with E-state index in [0.717, 1.165) is 34.6 Å². The summed E-state index contributed by atoms with van der Waals surface area (Å²) < 4.78 is 19.6. The standard InChI is InChI=1S/C22H16ClFN2O/c23-16-9-5-14(6-10-16)19-13-20-18-3-1-2-4-21(18)27-22(26(20)25-19)15-7-11-17(24)12-8-15/h1-12,20,22H,13H2. The van der Waals surface area contributed by atoms with Crippen LogP contribution in [0, 0.1) is 5.82 Å². The number of hydrogen-bond acceptors (Lipinski definition) is 3. The molecule has 0 saturated heterocycles. The number of hydrogen-bond donors (Lipinski definition) is 0. The molecule has 0 amide bonds. The molecule has 2 atom stereocenters. The number of rotatable bonds is 2. The first-order valence-electron chi connectivity index (χ1n) is 8.82. The Morgan fingerprint density at radius 2 is 1.70 bits per heavy atom. The van der Waals surface area contributed by atoms with Crippen LogP contribution in [0.1, 0.15) is 35.4 Å². The van der Waals surface area contributed by atoms with E-state index in [2.05, 4.69) is 6.07 Å². The van der Waals surface area contributed by atoms with E-state index in [1.807, 2.05) is 47.5 Å². The van der Waals surface area contributed by atoms with Gasteiger partial charge >= 0.3 is 0 Å². The molecule has 0 bridgehead atoms. The quantitative estimate of drug-likeness (QED) is 0.569. The second kappa shape index (κ2) is 6.39. The second-order valence-electron chi connectivity index (χ2n) is 6.71. The van der Waals surface area contributed by atoms with Crippen LogP contribution in [-0.4, -0.2) is 10.7 Å². The predicted octanol–water partition coefficient (Wildman–Crippen LogP) is 5.72. The van der Waals surface area contributed by atoms with Gasteiger partial charge in [-0.1, -0.05) is 54.1 Å². The van der Waals surface area contributed by atoms with Crippen molar-refractivity contribution >= 4 is 17.3 Å². The summed E-state index contributed by atoms with van der Waals surface area (Å²) in [7, 11) is 0. The number of hydrazone groups is 1. The van der Waals surface area contributed by atoms with Gasteiger partial charge in [0.15, 0.2) is 0 Å². The van der Waals surface area contributed by atoms with Gasteiger partial charge < -0.3 is 4.74 Å². The molecular formula is C22H16ClFN2O. The Morgan fingerprint density at radius 3 is 2.48 bits per heavy atom. The smallest absolute Gasteiger partial charge is 0.213 e. The fraction of sp³-hybridized carbons (Fsp3) is 0.136. The monoisotopic (exact) mass is 378 g/mol. The number of ether oxygens (including phenoxy) is 1. The largest absolute Gasteiger partial charge is 0.464 e. The molecule has 3 aromatic rings. The Balaban J connectivity index is 1.58. The Labute approximate surface area is 161 Å². The van der Waals surface area contributed by atoms with E-state index in [-0.39, 0.29) is 11.9 Å². The summed E-state index contributed by atoms with van der Waals surface area (Å²) in [6.45, 7) is 0. The minimum atomic E-state index is -0.393. The summed E-state index contributed by atoms with van der Waals surface area (Å²) in [5.74, 6) is 0.582. The van der Waals surface area contributed by atoms with Crippen molar-refractivity contribution in [1.82, 2.24) is 5.01 Å². The van der Waals surface area contributed by atoms with Gasteiger partial charge in [0.25, 0.3) is 0 Å². The van der Waals surface area contributed by atoms with E-state index in [4.69, 9.17) is 21.4 Å². The molecule has 2 aliphatic heterocycles. The van der Waals surface area contributed by atoms with Crippen molar-refractivity contribution in [1.29, 1.82) is 0 Å². The lowest BCUT2D eigenvalue weighted by Gasteiger charge is -2.38. The fourth-order valence-corrected chi connectivity index (χ4v) is 3.82. The number of halogens is 2. The maximum Gasteiger partial charge on any atom is 0.213 e. The molecule has 5 rings (SSSR count). The molecule has 0 spiro atoms. The van der Waals surface area contributed by atoms with Gasteiger partial charge in [-0.3, -0.25) is 0 Å². The first kappa shape index (κ1) is 16.3. The molecule has 0 radical (unpaired) electrons. The third-order valence-corrected chi connectivity index (χ3v) is 5.28. The highest BCUT2D eigenvalue weighted by Crippen LogP contribution is 2.47. The van der Waals surface area contributed by atoms with Crippen molar-refractivity contribution in [2.75, 3.05) is 0 Å². The molecule has 0 aromatic heterocycles. The van der Waals surface area contributed by atoms with Gasteiger partial charge in [0, 0.05) is 22.6 Å². The molecule has 5 heteroatoms. The van der Waals surface area contributed by atoms with E-state index in [1.54, 1.807) is 12.1 Å². The highest BCUT2D eigenvalue weighted by atomic mass is 35.5. The first-order chi connectivity index (χ1) is 13.2. The topological polar surface area (TPSA) is 24.8 Å². The Hall–Kier alpha value is -2.85. The fourth-order valence-electron chi connectivity index (χ4n) is 3.70. The van der Waals surface area contributed by atoms with Crippen molar-refractivity contribution < 1.29 is 9.13 Å². The molecule has 134 valence electrons. The normalized spacial score (nSPS) is 20.5. The SMILES string of the molecule is Fc1ccc(C2Oc3ccccc3C3CC(c4ccc(Cl)cc4)=NN32)cc1. The van der Waals surface area contributed by atoms with E-state index >= 15 is 0 Å². The molecule has 2 unspecified atom stereocenters. The van der Waals surface area contributed by atoms with Crippen LogP contribution in [0.25, 0.3) is 0 Å². The van der Waals surface area contributed by atoms with Gasteiger partial charge in [-0.2, -0.15) is 5.10 Å². The Morgan fingerprint density at radius 1 is 0.963 bits per heavy atom. The number of benzene rings is 3. The predicted molar refractivity (Wildman–Crippen MR) is 103 cm³/mol. The summed E-state index contributed by atoms with van der Waals surface area (Å²) >= 11 is 6.02. The van der Waals surface area contributed by atoms with Gasteiger partial charge in [-0.05, 0) is 35.9 Å². The Kier molecular flexibility index (Phi) is 3.87. The summed E-state index contributed by atoms with van der Waals surface area (Å²) in [6, 6.07) is 22.2. The second-order valence-corrected chi connectivity index (χ2v) is 7.15. The molecule has 27 heavy (non-hydrogen) atoms.